The molecule has 0 heterocycles. The molecule has 0 nitrogen and oxygen atoms in total. The van der Waals surface area contributed by atoms with E-state index in [4.69, 9.17) is 0 Å². The summed E-state index contributed by atoms with van der Waals surface area (Å²) in [6.45, 7) is 3.82. The summed E-state index contributed by atoms with van der Waals surface area (Å²) in [5.41, 5.74) is 0. The fourth-order valence-electron chi connectivity index (χ4n) is 4.10. The van der Waals surface area contributed by atoms with E-state index in [1.165, 1.54) is 51.4 Å². The highest BCUT2D eigenvalue weighted by molar-refractivity contribution is 4.80. The molecule has 0 aromatic heterocycles. The van der Waals surface area contributed by atoms with Gasteiger partial charge in [-0.1, -0.05) is 57.4 Å². The lowest BCUT2D eigenvalue weighted by Crippen LogP contribution is -2.23. The van der Waals surface area contributed by atoms with Gasteiger partial charge in [0.15, 0.2) is 0 Å². The van der Waals surface area contributed by atoms with E-state index in [0.29, 0.717) is 0 Å². The minimum absolute atomic E-state index is 1.05. The molecule has 2 rings (SSSR count). The van der Waals surface area contributed by atoms with Crippen molar-refractivity contribution in [3.05, 3.63) is 12.7 Å². The van der Waals surface area contributed by atoms with Crippen molar-refractivity contribution >= 4 is 0 Å². The van der Waals surface area contributed by atoms with Gasteiger partial charge < -0.3 is 0 Å². The molecule has 2 fully saturated rings. The van der Waals surface area contributed by atoms with Crippen LogP contribution in [0.4, 0.5) is 0 Å². The molecule has 2 aliphatic rings. The van der Waals surface area contributed by atoms with E-state index in [1.54, 1.807) is 25.7 Å². The van der Waals surface area contributed by atoms with E-state index in [-0.39, 0.29) is 0 Å². The van der Waals surface area contributed by atoms with Crippen LogP contribution in [0.25, 0.3) is 0 Å². The minimum Gasteiger partial charge on any atom is -0.103 e. The molecule has 0 bridgehead atoms. The van der Waals surface area contributed by atoms with Crippen LogP contribution in [0.5, 0.6) is 0 Å². The van der Waals surface area contributed by atoms with Crippen LogP contribution in [0.2, 0.25) is 0 Å². The normalized spacial score (nSPS) is 31.3. The van der Waals surface area contributed by atoms with Gasteiger partial charge in [0.2, 0.25) is 0 Å². The van der Waals surface area contributed by atoms with Crippen molar-refractivity contribution in [2.75, 3.05) is 0 Å². The highest BCUT2D eigenvalue weighted by Gasteiger charge is 2.27. The van der Waals surface area contributed by atoms with Crippen LogP contribution in [0.3, 0.4) is 0 Å². The zero-order valence-electron chi connectivity index (χ0n) is 11.5. The first-order valence-corrected chi connectivity index (χ1v) is 8.01. The largest absolute Gasteiger partial charge is 0.103 e. The molecule has 2 aliphatic carbocycles. The summed E-state index contributed by atoms with van der Waals surface area (Å²) in [5.74, 6) is 3.26. The molecule has 0 spiro atoms. The van der Waals surface area contributed by atoms with E-state index in [1.807, 2.05) is 0 Å². The van der Waals surface area contributed by atoms with Crippen molar-refractivity contribution in [1.29, 1.82) is 0 Å². The maximum atomic E-state index is 3.82. The molecule has 0 aromatic carbocycles. The van der Waals surface area contributed by atoms with Gasteiger partial charge in [0, 0.05) is 0 Å². The average molecular weight is 234 g/mol. The summed E-state index contributed by atoms with van der Waals surface area (Å²) in [6.07, 6.45) is 19.9. The summed E-state index contributed by atoms with van der Waals surface area (Å²) in [7, 11) is 0. The van der Waals surface area contributed by atoms with E-state index in [9.17, 15) is 0 Å². The maximum absolute atomic E-state index is 3.82. The smallest absolute Gasteiger partial charge is 0.0353 e. The standard InChI is InChI=1S/C17H30/c1-2-3-5-8-15-11-13-17(14-12-15)16-9-6-4-7-10-16/h2,15-17H,1,3-14H2. The number of hydrogen-bond acceptors (Lipinski definition) is 0. The Morgan fingerprint density at radius 1 is 0.824 bits per heavy atom. The third-order valence-electron chi connectivity index (χ3n) is 5.23. The SMILES string of the molecule is C=CCCCC1CCC(C2CCCCC2)CC1. The Morgan fingerprint density at radius 2 is 1.47 bits per heavy atom. The summed E-state index contributed by atoms with van der Waals surface area (Å²) >= 11 is 0. The van der Waals surface area contributed by atoms with Gasteiger partial charge in [-0.3, -0.25) is 0 Å². The monoisotopic (exact) mass is 234 g/mol. The van der Waals surface area contributed by atoms with Crippen LogP contribution in [0, 0.1) is 17.8 Å². The average Bonchev–Trinajstić information content (AvgIpc) is 2.41. The number of rotatable bonds is 5. The molecule has 0 saturated heterocycles. The Kier molecular flexibility index (Phi) is 5.61. The number of hydrogen-bond donors (Lipinski definition) is 0. The Balaban J connectivity index is 1.64. The van der Waals surface area contributed by atoms with Gasteiger partial charge in [-0.2, -0.15) is 0 Å². The molecule has 0 unspecified atom stereocenters. The van der Waals surface area contributed by atoms with Gasteiger partial charge in [0.05, 0.1) is 0 Å². The number of allylic oxidation sites excluding steroid dienone is 1. The van der Waals surface area contributed by atoms with Gasteiger partial charge in [0.1, 0.15) is 0 Å². The molecule has 0 radical (unpaired) electrons. The summed E-state index contributed by atoms with van der Waals surface area (Å²) in [6, 6.07) is 0. The lowest BCUT2D eigenvalue weighted by Gasteiger charge is -2.35. The molecule has 0 atom stereocenters. The van der Waals surface area contributed by atoms with Crippen LogP contribution in [-0.2, 0) is 0 Å². The second-order valence-corrected chi connectivity index (χ2v) is 6.40. The molecular weight excluding hydrogens is 204 g/mol. The third kappa shape index (κ3) is 4.16. The van der Waals surface area contributed by atoms with Gasteiger partial charge in [-0.05, 0) is 43.4 Å². The van der Waals surface area contributed by atoms with Gasteiger partial charge in [-0.25, -0.2) is 0 Å². The number of unbranched alkanes of at least 4 members (excludes halogenated alkanes) is 1. The second kappa shape index (κ2) is 7.24. The van der Waals surface area contributed by atoms with Gasteiger partial charge in [0.25, 0.3) is 0 Å². The van der Waals surface area contributed by atoms with Crippen molar-refractivity contribution in [3.63, 3.8) is 0 Å². The summed E-state index contributed by atoms with van der Waals surface area (Å²) < 4.78 is 0. The quantitative estimate of drug-likeness (QED) is 0.421. The molecule has 0 heteroatoms. The van der Waals surface area contributed by atoms with Crippen molar-refractivity contribution in [2.24, 2.45) is 17.8 Å². The van der Waals surface area contributed by atoms with Crippen LogP contribution in [-0.4, -0.2) is 0 Å². The van der Waals surface area contributed by atoms with Crippen molar-refractivity contribution in [1.82, 2.24) is 0 Å². The lowest BCUT2D eigenvalue weighted by atomic mass is 9.70. The molecule has 0 N–H and O–H groups in total. The Morgan fingerprint density at radius 3 is 2.12 bits per heavy atom. The van der Waals surface area contributed by atoms with Crippen molar-refractivity contribution < 1.29 is 0 Å². The van der Waals surface area contributed by atoms with Crippen LogP contribution >= 0.6 is 0 Å². The first kappa shape index (κ1) is 13.2. The van der Waals surface area contributed by atoms with E-state index < -0.39 is 0 Å². The molecule has 17 heavy (non-hydrogen) atoms. The molecule has 0 aliphatic heterocycles. The Labute approximate surface area is 108 Å². The molecule has 2 saturated carbocycles. The maximum Gasteiger partial charge on any atom is -0.0353 e. The first-order chi connectivity index (χ1) is 8.40. The van der Waals surface area contributed by atoms with Gasteiger partial charge in [-0.15, -0.1) is 6.58 Å². The zero-order valence-corrected chi connectivity index (χ0v) is 11.5. The lowest BCUT2D eigenvalue weighted by molar-refractivity contribution is 0.163. The molecule has 0 aromatic rings. The highest BCUT2D eigenvalue weighted by atomic mass is 14.3. The minimum atomic E-state index is 1.05. The predicted octanol–water partition coefficient (Wildman–Crippen LogP) is 5.73. The molecular formula is C17H30. The predicted molar refractivity (Wildman–Crippen MR) is 76.1 cm³/mol. The Bertz CT molecular complexity index is 204. The van der Waals surface area contributed by atoms with Crippen LogP contribution < -0.4 is 0 Å². The fraction of sp³-hybridized carbons (Fsp3) is 0.882. The summed E-state index contributed by atoms with van der Waals surface area (Å²) in [5, 5.41) is 0. The third-order valence-corrected chi connectivity index (χ3v) is 5.23. The van der Waals surface area contributed by atoms with Gasteiger partial charge >= 0.3 is 0 Å². The van der Waals surface area contributed by atoms with Crippen molar-refractivity contribution in [2.45, 2.75) is 77.0 Å². The first-order valence-electron chi connectivity index (χ1n) is 8.01. The van der Waals surface area contributed by atoms with E-state index in [2.05, 4.69) is 12.7 Å². The van der Waals surface area contributed by atoms with Crippen molar-refractivity contribution in [3.8, 4) is 0 Å². The van der Waals surface area contributed by atoms with Crippen LogP contribution in [0.1, 0.15) is 77.0 Å². The second-order valence-electron chi connectivity index (χ2n) is 6.40. The van der Waals surface area contributed by atoms with Crippen LogP contribution in [0.15, 0.2) is 12.7 Å². The topological polar surface area (TPSA) is 0 Å². The summed E-state index contributed by atoms with van der Waals surface area (Å²) in [4.78, 5) is 0. The highest BCUT2D eigenvalue weighted by Crippen LogP contribution is 2.40. The zero-order chi connectivity index (χ0) is 11.9. The van der Waals surface area contributed by atoms with E-state index in [0.717, 1.165) is 17.8 Å². The molecule has 0 amide bonds. The Hall–Kier alpha value is -0.260. The molecule has 98 valence electrons. The van der Waals surface area contributed by atoms with E-state index >= 15 is 0 Å². The fourth-order valence-corrected chi connectivity index (χ4v) is 4.10.